The summed E-state index contributed by atoms with van der Waals surface area (Å²) >= 11 is 0. The van der Waals surface area contributed by atoms with E-state index in [9.17, 15) is 18.0 Å². The number of hydrogen-bond donors (Lipinski definition) is 1. The molecule has 1 N–H and O–H groups in total. The Labute approximate surface area is 142 Å². The number of nitrogens with one attached hydrogen (secondary N) is 1. The number of amides is 2. The molecule has 1 unspecified atom stereocenters. The van der Waals surface area contributed by atoms with Crippen LogP contribution in [-0.4, -0.2) is 37.7 Å². The van der Waals surface area contributed by atoms with Gasteiger partial charge in [-0.1, -0.05) is 30.5 Å². The van der Waals surface area contributed by atoms with Crippen molar-refractivity contribution in [3.05, 3.63) is 29.8 Å². The normalized spacial score (nSPS) is 22.1. The molecule has 0 radical (unpaired) electrons. The van der Waals surface area contributed by atoms with Gasteiger partial charge in [-0.2, -0.15) is 0 Å². The fourth-order valence-corrected chi connectivity index (χ4v) is 4.51. The minimum atomic E-state index is -3.90. The summed E-state index contributed by atoms with van der Waals surface area (Å²) in [6.07, 6.45) is 4.25. The van der Waals surface area contributed by atoms with Crippen LogP contribution in [0.2, 0.25) is 0 Å². The van der Waals surface area contributed by atoms with Crippen LogP contribution in [-0.2, 0) is 19.6 Å². The third kappa shape index (κ3) is 3.45. The molecular formula is C17H22N2O4S. The van der Waals surface area contributed by atoms with Gasteiger partial charge in [0.05, 0.1) is 10.8 Å². The maximum atomic E-state index is 12.3. The van der Waals surface area contributed by atoms with Crippen LogP contribution < -0.4 is 4.72 Å². The lowest BCUT2D eigenvalue weighted by molar-refractivity contribution is -0.130. The summed E-state index contributed by atoms with van der Waals surface area (Å²) in [5.74, 6) is -1.24. The second-order valence-electron chi connectivity index (χ2n) is 6.67. The van der Waals surface area contributed by atoms with Crippen LogP contribution in [0, 0.1) is 12.8 Å². The van der Waals surface area contributed by atoms with Crippen LogP contribution in [0.3, 0.4) is 0 Å². The Morgan fingerprint density at radius 3 is 2.42 bits per heavy atom. The number of aryl methyl sites for hydroxylation is 1. The minimum Gasteiger partial charge on any atom is -0.339 e. The van der Waals surface area contributed by atoms with E-state index in [1.54, 1.807) is 17.0 Å². The van der Waals surface area contributed by atoms with Crippen LogP contribution >= 0.6 is 0 Å². The Hall–Kier alpha value is -1.89. The van der Waals surface area contributed by atoms with Gasteiger partial charge >= 0.3 is 0 Å². The predicted molar refractivity (Wildman–Crippen MR) is 88.6 cm³/mol. The van der Waals surface area contributed by atoms with Gasteiger partial charge in [-0.05, 0) is 31.9 Å². The zero-order valence-corrected chi connectivity index (χ0v) is 14.5. The molecule has 1 saturated carbocycles. The molecule has 3 rings (SSSR count). The van der Waals surface area contributed by atoms with E-state index in [1.807, 2.05) is 6.92 Å². The van der Waals surface area contributed by atoms with Crippen LogP contribution in [0.4, 0.5) is 0 Å². The molecular weight excluding hydrogens is 328 g/mol. The molecule has 1 aromatic rings. The van der Waals surface area contributed by atoms with E-state index in [1.165, 1.54) is 12.1 Å². The molecule has 0 bridgehead atoms. The lowest BCUT2D eigenvalue weighted by Gasteiger charge is -2.23. The highest BCUT2D eigenvalue weighted by atomic mass is 32.2. The van der Waals surface area contributed by atoms with Crippen molar-refractivity contribution in [2.45, 2.75) is 50.0 Å². The van der Waals surface area contributed by atoms with Gasteiger partial charge in [0.15, 0.2) is 0 Å². The van der Waals surface area contributed by atoms with Crippen molar-refractivity contribution in [2.24, 2.45) is 5.92 Å². The topological polar surface area (TPSA) is 83.5 Å². The number of carbonyl (C=O) groups is 2. The molecule has 6 nitrogen and oxygen atoms in total. The van der Waals surface area contributed by atoms with Gasteiger partial charge in [0.25, 0.3) is 10.0 Å². The Morgan fingerprint density at radius 2 is 1.79 bits per heavy atom. The van der Waals surface area contributed by atoms with E-state index in [0.29, 0.717) is 6.54 Å². The quantitative estimate of drug-likeness (QED) is 0.894. The largest absolute Gasteiger partial charge is 0.339 e. The van der Waals surface area contributed by atoms with Gasteiger partial charge in [0.2, 0.25) is 11.8 Å². The van der Waals surface area contributed by atoms with Gasteiger partial charge in [-0.15, -0.1) is 0 Å². The van der Waals surface area contributed by atoms with Crippen LogP contribution in [0.1, 0.15) is 37.7 Å². The maximum Gasteiger partial charge on any atom is 0.264 e. The molecule has 0 aromatic heterocycles. The Balaban J connectivity index is 1.66. The molecule has 0 spiro atoms. The van der Waals surface area contributed by atoms with Crippen molar-refractivity contribution >= 4 is 21.8 Å². The van der Waals surface area contributed by atoms with Gasteiger partial charge in [0.1, 0.15) is 0 Å². The van der Waals surface area contributed by atoms with Crippen LogP contribution in [0.25, 0.3) is 0 Å². The number of likely N-dealkylation sites (tertiary alicyclic amines) is 1. The molecule has 7 heteroatoms. The minimum absolute atomic E-state index is 0.0465. The van der Waals surface area contributed by atoms with Gasteiger partial charge in [0, 0.05) is 19.0 Å². The highest BCUT2D eigenvalue weighted by molar-refractivity contribution is 7.90. The molecule has 130 valence electrons. The van der Waals surface area contributed by atoms with Crippen molar-refractivity contribution in [1.29, 1.82) is 0 Å². The Kier molecular flexibility index (Phi) is 4.62. The molecule has 1 atom stereocenters. The number of hydrogen-bond acceptors (Lipinski definition) is 4. The lowest BCUT2D eigenvalue weighted by Crippen LogP contribution is -2.38. The molecule has 2 amide bonds. The Morgan fingerprint density at radius 1 is 1.17 bits per heavy atom. The molecule has 1 aliphatic carbocycles. The molecule has 1 aromatic carbocycles. The van der Waals surface area contributed by atoms with Crippen molar-refractivity contribution in [3.63, 3.8) is 0 Å². The molecule has 2 fully saturated rings. The number of benzene rings is 1. The van der Waals surface area contributed by atoms with Crippen LogP contribution in [0.5, 0.6) is 0 Å². The number of nitrogens with zero attached hydrogens (tertiary/aromatic N) is 1. The van der Waals surface area contributed by atoms with Crippen molar-refractivity contribution in [2.75, 3.05) is 6.54 Å². The van der Waals surface area contributed by atoms with Crippen LogP contribution in [0.15, 0.2) is 29.2 Å². The third-order valence-electron chi connectivity index (χ3n) is 4.86. The SMILES string of the molecule is Cc1ccc(S(=O)(=O)NC(=O)C2CC(=O)N(C3CCCC3)C2)cc1. The molecule has 24 heavy (non-hydrogen) atoms. The number of sulfonamides is 1. The first-order valence-corrected chi connectivity index (χ1v) is 9.78. The highest BCUT2D eigenvalue weighted by Crippen LogP contribution is 2.29. The summed E-state index contributed by atoms with van der Waals surface area (Å²) < 4.78 is 26.7. The lowest BCUT2D eigenvalue weighted by atomic mass is 10.1. The smallest absolute Gasteiger partial charge is 0.264 e. The van der Waals surface area contributed by atoms with E-state index >= 15 is 0 Å². The molecule has 1 saturated heterocycles. The van der Waals surface area contributed by atoms with Gasteiger partial charge in [-0.25, -0.2) is 13.1 Å². The third-order valence-corrected chi connectivity index (χ3v) is 6.22. The average molecular weight is 350 g/mol. The molecule has 1 heterocycles. The zero-order valence-electron chi connectivity index (χ0n) is 13.7. The first-order chi connectivity index (χ1) is 11.4. The first kappa shape index (κ1) is 17.0. The standard InChI is InChI=1S/C17H22N2O4S/c1-12-6-8-15(9-7-12)24(22,23)18-17(21)13-10-16(20)19(11-13)14-4-2-3-5-14/h6-9,13-14H,2-5,10-11H2,1H3,(H,18,21). The zero-order chi connectivity index (χ0) is 17.3. The summed E-state index contributed by atoms with van der Waals surface area (Å²) in [5, 5.41) is 0. The van der Waals surface area contributed by atoms with Crippen molar-refractivity contribution < 1.29 is 18.0 Å². The summed E-state index contributed by atoms with van der Waals surface area (Å²) in [4.78, 5) is 26.3. The van der Waals surface area contributed by atoms with Crippen molar-refractivity contribution in [1.82, 2.24) is 9.62 Å². The fraction of sp³-hybridized carbons (Fsp3) is 0.529. The number of rotatable bonds is 4. The van der Waals surface area contributed by atoms with E-state index in [4.69, 9.17) is 0 Å². The average Bonchev–Trinajstić information content (AvgIpc) is 3.16. The summed E-state index contributed by atoms with van der Waals surface area (Å²) in [7, 11) is -3.90. The second kappa shape index (κ2) is 6.55. The van der Waals surface area contributed by atoms with E-state index in [0.717, 1.165) is 31.2 Å². The fourth-order valence-electron chi connectivity index (χ4n) is 3.47. The Bertz CT molecular complexity index is 736. The number of carbonyl (C=O) groups excluding carboxylic acids is 2. The van der Waals surface area contributed by atoms with E-state index in [-0.39, 0.29) is 23.3 Å². The predicted octanol–water partition coefficient (Wildman–Crippen LogP) is 1.59. The first-order valence-electron chi connectivity index (χ1n) is 8.29. The monoisotopic (exact) mass is 350 g/mol. The van der Waals surface area contributed by atoms with Crippen molar-refractivity contribution in [3.8, 4) is 0 Å². The van der Waals surface area contributed by atoms with E-state index in [2.05, 4.69) is 4.72 Å². The van der Waals surface area contributed by atoms with Gasteiger partial charge < -0.3 is 4.90 Å². The summed E-state index contributed by atoms with van der Waals surface area (Å²) in [6, 6.07) is 6.51. The summed E-state index contributed by atoms with van der Waals surface area (Å²) in [5.41, 5.74) is 0.939. The second-order valence-corrected chi connectivity index (χ2v) is 8.35. The maximum absolute atomic E-state index is 12.3. The summed E-state index contributed by atoms with van der Waals surface area (Å²) in [6.45, 7) is 2.18. The molecule has 1 aliphatic heterocycles. The molecule has 2 aliphatic rings. The van der Waals surface area contributed by atoms with Gasteiger partial charge in [-0.3, -0.25) is 9.59 Å². The highest BCUT2D eigenvalue weighted by Gasteiger charge is 2.39. The van der Waals surface area contributed by atoms with E-state index < -0.39 is 21.8 Å².